The van der Waals surface area contributed by atoms with Crippen molar-refractivity contribution in [1.82, 2.24) is 10.0 Å². The Bertz CT molecular complexity index is 866. The minimum absolute atomic E-state index is 0.0560. The van der Waals surface area contributed by atoms with Crippen molar-refractivity contribution in [3.63, 3.8) is 0 Å². The van der Waals surface area contributed by atoms with E-state index in [1.54, 1.807) is 23.9 Å². The summed E-state index contributed by atoms with van der Waals surface area (Å²) in [5, 5.41) is 3.02. The molecular formula is C17H18N2O3S2. The topological polar surface area (TPSA) is 75.3 Å². The van der Waals surface area contributed by atoms with Crippen LogP contribution in [0.25, 0.3) is 0 Å². The van der Waals surface area contributed by atoms with Crippen LogP contribution >= 0.6 is 11.8 Å². The number of hydrogen-bond donors (Lipinski definition) is 2. The first-order valence-corrected chi connectivity index (χ1v) is 10.0. The fraction of sp³-hybridized carbons (Fsp3) is 0.235. The Morgan fingerprint density at radius 3 is 2.75 bits per heavy atom. The molecule has 7 heteroatoms. The molecule has 0 saturated carbocycles. The number of rotatable bonds is 4. The lowest BCUT2D eigenvalue weighted by Crippen LogP contribution is -2.30. The highest BCUT2D eigenvalue weighted by Crippen LogP contribution is 2.35. The number of fused-ring (bicyclic) bond motifs is 1. The molecule has 126 valence electrons. The minimum Gasteiger partial charge on any atom is -0.345 e. The van der Waals surface area contributed by atoms with Crippen LogP contribution in [0.4, 0.5) is 0 Å². The second kappa shape index (κ2) is 6.96. The number of sulfonamides is 1. The van der Waals surface area contributed by atoms with Crippen LogP contribution in [0.1, 0.15) is 28.4 Å². The zero-order valence-electron chi connectivity index (χ0n) is 13.2. The van der Waals surface area contributed by atoms with E-state index >= 15 is 0 Å². The van der Waals surface area contributed by atoms with Crippen LogP contribution in [0.5, 0.6) is 0 Å². The van der Waals surface area contributed by atoms with Gasteiger partial charge in [-0.3, -0.25) is 4.79 Å². The van der Waals surface area contributed by atoms with Crippen molar-refractivity contribution < 1.29 is 13.2 Å². The molecule has 0 unspecified atom stereocenters. The van der Waals surface area contributed by atoms with Gasteiger partial charge in [-0.25, -0.2) is 13.1 Å². The molecule has 0 spiro atoms. The smallest absolute Gasteiger partial charge is 0.251 e. The molecule has 0 bridgehead atoms. The first-order chi connectivity index (χ1) is 11.5. The number of benzene rings is 2. The quantitative estimate of drug-likeness (QED) is 0.876. The highest BCUT2D eigenvalue weighted by atomic mass is 32.2. The molecule has 3 rings (SSSR count). The zero-order chi connectivity index (χ0) is 17.2. The maximum absolute atomic E-state index is 12.6. The van der Waals surface area contributed by atoms with Crippen LogP contribution in [-0.4, -0.2) is 27.1 Å². The fourth-order valence-corrected chi connectivity index (χ4v) is 4.56. The van der Waals surface area contributed by atoms with Crippen molar-refractivity contribution in [2.24, 2.45) is 0 Å². The van der Waals surface area contributed by atoms with Crippen molar-refractivity contribution in [3.05, 3.63) is 59.7 Å². The SMILES string of the molecule is CNS(=O)(=O)c1cccc(C(=O)N[C@H]2CCSc3ccccc32)c1. The third-order valence-corrected chi connectivity index (χ3v) is 6.47. The summed E-state index contributed by atoms with van der Waals surface area (Å²) in [4.78, 5) is 13.8. The van der Waals surface area contributed by atoms with Gasteiger partial charge in [0.15, 0.2) is 0 Å². The Hall–Kier alpha value is -1.83. The van der Waals surface area contributed by atoms with Crippen molar-refractivity contribution in [3.8, 4) is 0 Å². The van der Waals surface area contributed by atoms with Crippen LogP contribution < -0.4 is 10.0 Å². The largest absolute Gasteiger partial charge is 0.345 e. The third-order valence-electron chi connectivity index (χ3n) is 3.94. The molecule has 2 N–H and O–H groups in total. The second-order valence-electron chi connectivity index (χ2n) is 5.44. The van der Waals surface area contributed by atoms with Gasteiger partial charge < -0.3 is 5.32 Å². The molecule has 1 atom stereocenters. The molecule has 1 amide bonds. The second-order valence-corrected chi connectivity index (χ2v) is 8.46. The van der Waals surface area contributed by atoms with E-state index in [0.717, 1.165) is 17.7 Å². The molecule has 2 aromatic carbocycles. The molecule has 2 aromatic rings. The van der Waals surface area contributed by atoms with E-state index in [9.17, 15) is 13.2 Å². The molecule has 0 fully saturated rings. The van der Waals surface area contributed by atoms with Gasteiger partial charge in [-0.1, -0.05) is 24.3 Å². The summed E-state index contributed by atoms with van der Waals surface area (Å²) in [6, 6.07) is 14.0. The van der Waals surface area contributed by atoms with Crippen molar-refractivity contribution in [1.29, 1.82) is 0 Å². The van der Waals surface area contributed by atoms with E-state index in [-0.39, 0.29) is 16.8 Å². The van der Waals surface area contributed by atoms with Gasteiger partial charge in [0.05, 0.1) is 10.9 Å². The van der Waals surface area contributed by atoms with Gasteiger partial charge in [0, 0.05) is 16.2 Å². The molecular weight excluding hydrogens is 344 g/mol. The summed E-state index contributed by atoms with van der Waals surface area (Å²) in [6.07, 6.45) is 0.849. The first kappa shape index (κ1) is 17.0. The van der Waals surface area contributed by atoms with Crippen molar-refractivity contribution in [2.75, 3.05) is 12.8 Å². The van der Waals surface area contributed by atoms with E-state index in [4.69, 9.17) is 0 Å². The normalized spacial score (nSPS) is 17.1. The predicted octanol–water partition coefficient (Wildman–Crippen LogP) is 2.56. The van der Waals surface area contributed by atoms with E-state index in [1.807, 2.05) is 18.2 Å². The van der Waals surface area contributed by atoms with Gasteiger partial charge >= 0.3 is 0 Å². The van der Waals surface area contributed by atoms with Crippen LogP contribution in [0.3, 0.4) is 0 Å². The summed E-state index contributed by atoms with van der Waals surface area (Å²) in [7, 11) is -2.22. The van der Waals surface area contributed by atoms with Crippen LogP contribution in [0.2, 0.25) is 0 Å². The van der Waals surface area contributed by atoms with E-state index in [0.29, 0.717) is 5.56 Å². The lowest BCUT2D eigenvalue weighted by atomic mass is 10.0. The molecule has 24 heavy (non-hydrogen) atoms. The molecule has 0 radical (unpaired) electrons. The standard InChI is InChI=1S/C17H18N2O3S2/c1-18-24(21,22)13-6-4-5-12(11-13)17(20)19-15-9-10-23-16-8-3-2-7-14(15)16/h2-8,11,15,18H,9-10H2,1H3,(H,19,20)/t15-/m0/s1. The Morgan fingerprint density at radius 2 is 1.96 bits per heavy atom. The minimum atomic E-state index is -3.57. The number of nitrogens with one attached hydrogen (secondary N) is 2. The van der Waals surface area contributed by atoms with Crippen LogP contribution in [-0.2, 0) is 10.0 Å². The van der Waals surface area contributed by atoms with Gasteiger partial charge in [-0.15, -0.1) is 11.8 Å². The molecule has 0 saturated heterocycles. The highest BCUT2D eigenvalue weighted by molar-refractivity contribution is 7.99. The Balaban J connectivity index is 1.83. The molecule has 1 aliphatic rings. The van der Waals surface area contributed by atoms with Crippen molar-refractivity contribution >= 4 is 27.7 Å². The lowest BCUT2D eigenvalue weighted by molar-refractivity contribution is 0.0934. The summed E-state index contributed by atoms with van der Waals surface area (Å²) >= 11 is 1.79. The first-order valence-electron chi connectivity index (χ1n) is 7.57. The van der Waals surface area contributed by atoms with Crippen LogP contribution in [0.15, 0.2) is 58.3 Å². The van der Waals surface area contributed by atoms with Gasteiger partial charge in [0.25, 0.3) is 5.91 Å². The Morgan fingerprint density at radius 1 is 1.17 bits per heavy atom. The van der Waals surface area contributed by atoms with E-state index in [1.165, 1.54) is 24.1 Å². The monoisotopic (exact) mass is 362 g/mol. The zero-order valence-corrected chi connectivity index (χ0v) is 14.8. The maximum Gasteiger partial charge on any atom is 0.251 e. The number of amides is 1. The van der Waals surface area contributed by atoms with Gasteiger partial charge in [-0.2, -0.15) is 0 Å². The molecule has 5 nitrogen and oxygen atoms in total. The fourth-order valence-electron chi connectivity index (χ4n) is 2.66. The third kappa shape index (κ3) is 3.48. The molecule has 0 aliphatic carbocycles. The Labute approximate surface area is 145 Å². The number of carbonyl (C=O) groups is 1. The molecule has 1 aliphatic heterocycles. The summed E-state index contributed by atoms with van der Waals surface area (Å²) in [5.41, 5.74) is 1.45. The highest BCUT2D eigenvalue weighted by Gasteiger charge is 2.23. The van der Waals surface area contributed by atoms with Gasteiger partial charge in [0.1, 0.15) is 0 Å². The van der Waals surface area contributed by atoms with Gasteiger partial charge in [-0.05, 0) is 43.3 Å². The maximum atomic E-state index is 12.6. The van der Waals surface area contributed by atoms with E-state index in [2.05, 4.69) is 16.1 Å². The average molecular weight is 362 g/mol. The average Bonchev–Trinajstić information content (AvgIpc) is 2.62. The number of thioether (sulfide) groups is 1. The van der Waals surface area contributed by atoms with Gasteiger partial charge in [0.2, 0.25) is 10.0 Å². The molecule has 1 heterocycles. The number of hydrogen-bond acceptors (Lipinski definition) is 4. The lowest BCUT2D eigenvalue weighted by Gasteiger charge is -2.26. The van der Waals surface area contributed by atoms with E-state index < -0.39 is 10.0 Å². The molecule has 0 aromatic heterocycles. The van der Waals surface area contributed by atoms with Crippen molar-refractivity contribution in [2.45, 2.75) is 22.3 Å². The van der Waals surface area contributed by atoms with Crippen LogP contribution in [0, 0.1) is 0 Å². The summed E-state index contributed by atoms with van der Waals surface area (Å²) in [6.45, 7) is 0. The predicted molar refractivity (Wildman–Crippen MR) is 94.7 cm³/mol. The summed E-state index contributed by atoms with van der Waals surface area (Å²) < 4.78 is 26.0. The Kier molecular flexibility index (Phi) is 4.93. The number of carbonyl (C=O) groups excluding carboxylic acids is 1. The summed E-state index contributed by atoms with van der Waals surface area (Å²) in [5.74, 6) is 0.672.